The van der Waals surface area contributed by atoms with Gasteiger partial charge in [-0.3, -0.25) is 0 Å². The minimum absolute atomic E-state index is 0.249. The van der Waals surface area contributed by atoms with Crippen LogP contribution in [-0.2, 0) is 6.42 Å². The van der Waals surface area contributed by atoms with Crippen LogP contribution in [0.2, 0.25) is 0 Å². The summed E-state index contributed by atoms with van der Waals surface area (Å²) in [6.45, 7) is 3.76. The maximum absolute atomic E-state index is 13.5. The van der Waals surface area contributed by atoms with Crippen molar-refractivity contribution in [2.75, 3.05) is 5.43 Å². The summed E-state index contributed by atoms with van der Waals surface area (Å²) in [4.78, 5) is 8.62. The SMILES string of the molecule is Cc1nc(Cc2ccccc2F)nc(NN)c1C. The Morgan fingerprint density at radius 2 is 1.94 bits per heavy atom. The Balaban J connectivity index is 2.36. The molecule has 94 valence electrons. The number of aromatic nitrogens is 2. The second-order valence-corrected chi connectivity index (χ2v) is 4.11. The first-order chi connectivity index (χ1) is 8.61. The van der Waals surface area contributed by atoms with Crippen LogP contribution in [-0.4, -0.2) is 9.97 Å². The van der Waals surface area contributed by atoms with Gasteiger partial charge in [-0.1, -0.05) is 18.2 Å². The normalized spacial score (nSPS) is 10.4. The molecule has 0 aliphatic rings. The van der Waals surface area contributed by atoms with E-state index in [1.165, 1.54) is 6.07 Å². The van der Waals surface area contributed by atoms with Gasteiger partial charge in [0.25, 0.3) is 0 Å². The average Bonchev–Trinajstić information content (AvgIpc) is 2.36. The van der Waals surface area contributed by atoms with Crippen molar-refractivity contribution in [2.24, 2.45) is 5.84 Å². The fourth-order valence-corrected chi connectivity index (χ4v) is 1.72. The molecule has 0 aliphatic heterocycles. The molecule has 0 saturated heterocycles. The first kappa shape index (κ1) is 12.4. The topological polar surface area (TPSA) is 63.8 Å². The summed E-state index contributed by atoms with van der Waals surface area (Å²) >= 11 is 0. The van der Waals surface area contributed by atoms with Crippen LogP contribution in [0.3, 0.4) is 0 Å². The predicted molar refractivity (Wildman–Crippen MR) is 68.5 cm³/mol. The summed E-state index contributed by atoms with van der Waals surface area (Å²) < 4.78 is 13.5. The maximum Gasteiger partial charge on any atom is 0.146 e. The van der Waals surface area contributed by atoms with Crippen molar-refractivity contribution in [3.63, 3.8) is 0 Å². The average molecular weight is 246 g/mol. The number of benzene rings is 1. The Hall–Kier alpha value is -2.01. The van der Waals surface area contributed by atoms with Crippen molar-refractivity contribution in [3.8, 4) is 0 Å². The Morgan fingerprint density at radius 3 is 2.61 bits per heavy atom. The molecule has 0 bridgehead atoms. The molecule has 0 radical (unpaired) electrons. The van der Waals surface area contributed by atoms with E-state index in [2.05, 4.69) is 15.4 Å². The van der Waals surface area contributed by atoms with E-state index in [0.717, 1.165) is 11.3 Å². The van der Waals surface area contributed by atoms with Gasteiger partial charge in [0.1, 0.15) is 17.5 Å². The summed E-state index contributed by atoms with van der Waals surface area (Å²) in [6, 6.07) is 6.61. The quantitative estimate of drug-likeness (QED) is 0.643. The van der Waals surface area contributed by atoms with Gasteiger partial charge in [-0.05, 0) is 25.5 Å². The standard InChI is InChI=1S/C13H15FN4/c1-8-9(2)16-12(17-13(8)18-15)7-10-5-3-4-6-11(10)14/h3-6H,7,15H2,1-2H3,(H,16,17,18). The zero-order valence-corrected chi connectivity index (χ0v) is 10.4. The number of hydrogen-bond donors (Lipinski definition) is 2. The largest absolute Gasteiger partial charge is 0.308 e. The van der Waals surface area contributed by atoms with Crippen LogP contribution in [0.25, 0.3) is 0 Å². The summed E-state index contributed by atoms with van der Waals surface area (Å²) in [7, 11) is 0. The number of hydrogen-bond acceptors (Lipinski definition) is 4. The molecule has 2 rings (SSSR count). The summed E-state index contributed by atoms with van der Waals surface area (Å²) in [5.41, 5.74) is 4.84. The van der Waals surface area contributed by atoms with Crippen molar-refractivity contribution >= 4 is 5.82 Å². The van der Waals surface area contributed by atoms with Crippen LogP contribution < -0.4 is 11.3 Å². The first-order valence-electron chi connectivity index (χ1n) is 5.66. The Labute approximate surface area is 105 Å². The number of aryl methyl sites for hydroxylation is 1. The van der Waals surface area contributed by atoms with E-state index in [-0.39, 0.29) is 5.82 Å². The smallest absolute Gasteiger partial charge is 0.146 e. The molecule has 1 aromatic heterocycles. The van der Waals surface area contributed by atoms with Gasteiger partial charge < -0.3 is 5.43 Å². The van der Waals surface area contributed by atoms with Crippen LogP contribution in [0.1, 0.15) is 22.6 Å². The van der Waals surface area contributed by atoms with Crippen molar-refractivity contribution < 1.29 is 4.39 Å². The number of rotatable bonds is 3. The van der Waals surface area contributed by atoms with Gasteiger partial charge in [0.2, 0.25) is 0 Å². The predicted octanol–water partition coefficient (Wildman–Crippen LogP) is 2.11. The van der Waals surface area contributed by atoms with Crippen LogP contribution in [0.4, 0.5) is 10.2 Å². The van der Waals surface area contributed by atoms with Crippen molar-refractivity contribution in [2.45, 2.75) is 20.3 Å². The maximum atomic E-state index is 13.5. The molecule has 0 amide bonds. The molecule has 5 heteroatoms. The van der Waals surface area contributed by atoms with Crippen LogP contribution in [0.15, 0.2) is 24.3 Å². The van der Waals surface area contributed by atoms with E-state index < -0.39 is 0 Å². The summed E-state index contributed by atoms with van der Waals surface area (Å²) in [5.74, 6) is 6.28. The van der Waals surface area contributed by atoms with E-state index in [1.54, 1.807) is 18.2 Å². The highest BCUT2D eigenvalue weighted by molar-refractivity contribution is 5.44. The lowest BCUT2D eigenvalue weighted by molar-refractivity contribution is 0.612. The highest BCUT2D eigenvalue weighted by Gasteiger charge is 2.09. The van der Waals surface area contributed by atoms with E-state index >= 15 is 0 Å². The summed E-state index contributed by atoms with van der Waals surface area (Å²) in [6.07, 6.45) is 0.350. The molecule has 3 N–H and O–H groups in total. The minimum atomic E-state index is -0.249. The fraction of sp³-hybridized carbons (Fsp3) is 0.231. The molecule has 0 atom stereocenters. The molecule has 18 heavy (non-hydrogen) atoms. The lowest BCUT2D eigenvalue weighted by Crippen LogP contribution is -2.13. The van der Waals surface area contributed by atoms with Crippen LogP contribution in [0.5, 0.6) is 0 Å². The molecular formula is C13H15FN4. The highest BCUT2D eigenvalue weighted by Crippen LogP contribution is 2.16. The lowest BCUT2D eigenvalue weighted by atomic mass is 10.1. The molecule has 4 nitrogen and oxygen atoms in total. The Morgan fingerprint density at radius 1 is 1.22 bits per heavy atom. The fourth-order valence-electron chi connectivity index (χ4n) is 1.72. The molecule has 0 spiro atoms. The minimum Gasteiger partial charge on any atom is -0.308 e. The van der Waals surface area contributed by atoms with Crippen molar-refractivity contribution in [1.82, 2.24) is 9.97 Å². The third-order valence-corrected chi connectivity index (χ3v) is 2.88. The van der Waals surface area contributed by atoms with Crippen molar-refractivity contribution in [1.29, 1.82) is 0 Å². The second kappa shape index (κ2) is 5.10. The van der Waals surface area contributed by atoms with E-state index in [0.29, 0.717) is 23.6 Å². The molecule has 1 heterocycles. The number of anilines is 1. The van der Waals surface area contributed by atoms with Crippen LogP contribution >= 0.6 is 0 Å². The number of nitrogens with one attached hydrogen (secondary N) is 1. The highest BCUT2D eigenvalue weighted by atomic mass is 19.1. The zero-order valence-electron chi connectivity index (χ0n) is 10.4. The van der Waals surface area contributed by atoms with E-state index in [1.807, 2.05) is 13.8 Å². The molecule has 0 fully saturated rings. The van der Waals surface area contributed by atoms with Gasteiger partial charge in [-0.2, -0.15) is 0 Å². The monoisotopic (exact) mass is 246 g/mol. The Kier molecular flexibility index (Phi) is 3.53. The summed E-state index contributed by atoms with van der Waals surface area (Å²) in [5, 5.41) is 0. The first-order valence-corrected chi connectivity index (χ1v) is 5.66. The molecule has 0 aliphatic carbocycles. The molecular weight excluding hydrogens is 231 g/mol. The van der Waals surface area contributed by atoms with E-state index in [9.17, 15) is 4.39 Å². The number of hydrazine groups is 1. The Bertz CT molecular complexity index is 569. The molecule has 1 aromatic carbocycles. The number of halogens is 1. The number of nitrogens with two attached hydrogens (primary N) is 1. The van der Waals surface area contributed by atoms with Gasteiger partial charge in [0.15, 0.2) is 0 Å². The van der Waals surface area contributed by atoms with Crippen LogP contribution in [0, 0.1) is 19.7 Å². The van der Waals surface area contributed by atoms with Gasteiger partial charge >= 0.3 is 0 Å². The molecule has 0 saturated carbocycles. The number of nitrogens with zero attached hydrogens (tertiary/aromatic N) is 2. The van der Waals surface area contributed by atoms with Gasteiger partial charge in [0, 0.05) is 17.7 Å². The third-order valence-electron chi connectivity index (χ3n) is 2.88. The second-order valence-electron chi connectivity index (χ2n) is 4.11. The van der Waals surface area contributed by atoms with Gasteiger partial charge in [0.05, 0.1) is 0 Å². The zero-order chi connectivity index (χ0) is 13.1. The molecule has 2 aromatic rings. The van der Waals surface area contributed by atoms with Gasteiger partial charge in [-0.15, -0.1) is 0 Å². The lowest BCUT2D eigenvalue weighted by Gasteiger charge is -2.09. The van der Waals surface area contributed by atoms with Crippen molar-refractivity contribution in [3.05, 3.63) is 52.7 Å². The molecule has 0 unspecified atom stereocenters. The van der Waals surface area contributed by atoms with E-state index in [4.69, 9.17) is 5.84 Å². The number of nitrogen functional groups attached to an aromatic ring is 1. The van der Waals surface area contributed by atoms with Gasteiger partial charge in [-0.25, -0.2) is 20.2 Å². The third kappa shape index (κ3) is 2.46.